The number of fused-ring (bicyclic) bond motifs is 1. The van der Waals surface area contributed by atoms with E-state index in [2.05, 4.69) is 28.5 Å². The van der Waals surface area contributed by atoms with E-state index in [0.29, 0.717) is 0 Å². The van der Waals surface area contributed by atoms with Gasteiger partial charge in [-0.1, -0.05) is 72.4 Å². The summed E-state index contributed by atoms with van der Waals surface area (Å²) in [6.45, 7) is 2.05. The molecule has 0 aliphatic carbocycles. The van der Waals surface area contributed by atoms with Gasteiger partial charge < -0.3 is 5.32 Å². The Kier molecular flexibility index (Phi) is 5.35. The summed E-state index contributed by atoms with van der Waals surface area (Å²) in [4.78, 5) is 12.4. The molecule has 1 N–H and O–H groups in total. The predicted octanol–water partition coefficient (Wildman–Crippen LogP) is 5.34. The van der Waals surface area contributed by atoms with Gasteiger partial charge in [0, 0.05) is 16.6 Å². The molecule has 1 amide bonds. The molecule has 4 aromatic rings. The Morgan fingerprint density at radius 2 is 1.68 bits per heavy atom. The van der Waals surface area contributed by atoms with Crippen molar-refractivity contribution in [1.82, 2.24) is 10.2 Å². The lowest BCUT2D eigenvalue weighted by Gasteiger charge is -2.08. The number of carbonyl (C=O) groups is 1. The van der Waals surface area contributed by atoms with Gasteiger partial charge in [0.15, 0.2) is 0 Å². The Labute approximate surface area is 168 Å². The largest absolute Gasteiger partial charge is 0.325 e. The second-order valence-corrected chi connectivity index (χ2v) is 7.43. The molecule has 5 heteroatoms. The van der Waals surface area contributed by atoms with Gasteiger partial charge in [-0.3, -0.25) is 4.79 Å². The van der Waals surface area contributed by atoms with E-state index in [1.165, 1.54) is 11.8 Å². The number of carbonyl (C=O) groups excluding carboxylic acids is 1. The van der Waals surface area contributed by atoms with Crippen molar-refractivity contribution in [3.05, 3.63) is 84.4 Å². The number of aryl methyl sites for hydroxylation is 1. The number of rotatable bonds is 5. The molecule has 3 aromatic carbocycles. The van der Waals surface area contributed by atoms with Crippen molar-refractivity contribution in [3.8, 4) is 11.3 Å². The molecule has 28 heavy (non-hydrogen) atoms. The number of nitrogens with one attached hydrogen (secondary N) is 1. The Bertz CT molecular complexity index is 1120. The molecule has 0 aliphatic rings. The van der Waals surface area contributed by atoms with Crippen LogP contribution in [-0.4, -0.2) is 21.9 Å². The van der Waals surface area contributed by atoms with Crippen LogP contribution in [-0.2, 0) is 4.79 Å². The van der Waals surface area contributed by atoms with Crippen molar-refractivity contribution in [2.45, 2.75) is 11.9 Å². The topological polar surface area (TPSA) is 54.9 Å². The van der Waals surface area contributed by atoms with Gasteiger partial charge in [0.2, 0.25) is 5.91 Å². The van der Waals surface area contributed by atoms with Gasteiger partial charge in [-0.25, -0.2) is 0 Å². The van der Waals surface area contributed by atoms with Gasteiger partial charge >= 0.3 is 0 Å². The van der Waals surface area contributed by atoms with E-state index in [1.807, 2.05) is 72.8 Å². The maximum Gasteiger partial charge on any atom is 0.234 e. The molecule has 0 spiro atoms. The molecule has 0 fully saturated rings. The highest BCUT2D eigenvalue weighted by atomic mass is 32.2. The summed E-state index contributed by atoms with van der Waals surface area (Å²) in [5.74, 6) is 0.216. The maximum absolute atomic E-state index is 12.4. The number of benzene rings is 3. The van der Waals surface area contributed by atoms with E-state index in [4.69, 9.17) is 0 Å². The first kappa shape index (κ1) is 18.2. The van der Waals surface area contributed by atoms with E-state index < -0.39 is 0 Å². The molecular weight excluding hydrogens is 366 g/mol. The summed E-state index contributed by atoms with van der Waals surface area (Å²) in [6.07, 6.45) is 0. The summed E-state index contributed by atoms with van der Waals surface area (Å²) >= 11 is 1.38. The van der Waals surface area contributed by atoms with E-state index >= 15 is 0 Å². The summed E-state index contributed by atoms with van der Waals surface area (Å²) < 4.78 is 0. The molecule has 0 saturated carbocycles. The number of hydrogen-bond acceptors (Lipinski definition) is 4. The smallest absolute Gasteiger partial charge is 0.234 e. The minimum Gasteiger partial charge on any atom is -0.325 e. The van der Waals surface area contributed by atoms with Crippen molar-refractivity contribution >= 4 is 34.1 Å². The molecule has 4 nitrogen and oxygen atoms in total. The number of aromatic nitrogens is 2. The van der Waals surface area contributed by atoms with Crippen LogP contribution >= 0.6 is 11.8 Å². The molecule has 0 unspecified atom stereocenters. The number of nitrogens with zero attached hydrogens (tertiary/aromatic N) is 2. The molecule has 4 rings (SSSR count). The van der Waals surface area contributed by atoms with Gasteiger partial charge in [-0.15, -0.1) is 10.2 Å². The first-order chi connectivity index (χ1) is 13.7. The minimum atomic E-state index is -0.0638. The summed E-state index contributed by atoms with van der Waals surface area (Å²) in [7, 11) is 0. The van der Waals surface area contributed by atoms with Crippen LogP contribution in [0.3, 0.4) is 0 Å². The lowest BCUT2D eigenvalue weighted by Crippen LogP contribution is -2.14. The highest BCUT2D eigenvalue weighted by Gasteiger charge is 2.08. The maximum atomic E-state index is 12.4. The number of amides is 1. The van der Waals surface area contributed by atoms with Crippen LogP contribution < -0.4 is 5.32 Å². The van der Waals surface area contributed by atoms with Crippen LogP contribution in [0.4, 0.5) is 5.69 Å². The van der Waals surface area contributed by atoms with Crippen LogP contribution in [0.25, 0.3) is 22.0 Å². The normalized spacial score (nSPS) is 10.8. The molecular formula is C23H19N3OS. The third-order valence-corrected chi connectivity index (χ3v) is 5.40. The van der Waals surface area contributed by atoms with Crippen molar-refractivity contribution < 1.29 is 4.79 Å². The molecule has 1 aromatic heterocycles. The first-order valence-electron chi connectivity index (χ1n) is 9.01. The summed E-state index contributed by atoms with van der Waals surface area (Å²) in [5.41, 5.74) is 3.89. The molecule has 0 atom stereocenters. The third kappa shape index (κ3) is 4.05. The van der Waals surface area contributed by atoms with Gasteiger partial charge in [-0.2, -0.15) is 0 Å². The van der Waals surface area contributed by atoms with E-state index in [0.717, 1.165) is 38.3 Å². The number of anilines is 1. The Morgan fingerprint density at radius 1 is 0.893 bits per heavy atom. The quantitative estimate of drug-likeness (QED) is 0.471. The summed E-state index contributed by atoms with van der Waals surface area (Å²) in [5, 5.41) is 14.4. The molecule has 0 aliphatic heterocycles. The third-order valence-electron chi connectivity index (χ3n) is 4.48. The van der Waals surface area contributed by atoms with Crippen molar-refractivity contribution in [3.63, 3.8) is 0 Å². The van der Waals surface area contributed by atoms with Gasteiger partial charge in [0.05, 0.1) is 11.4 Å². The van der Waals surface area contributed by atoms with Crippen LogP contribution in [0.5, 0.6) is 0 Å². The average molecular weight is 385 g/mol. The van der Waals surface area contributed by atoms with Gasteiger partial charge in [-0.05, 0) is 36.1 Å². The number of hydrogen-bond donors (Lipinski definition) is 1. The molecule has 138 valence electrons. The van der Waals surface area contributed by atoms with E-state index in [1.54, 1.807) is 0 Å². The van der Waals surface area contributed by atoms with Crippen LogP contribution in [0, 0.1) is 6.92 Å². The number of thioether (sulfide) groups is 1. The van der Waals surface area contributed by atoms with Crippen molar-refractivity contribution in [1.29, 1.82) is 0 Å². The first-order valence-corrected chi connectivity index (χ1v) is 9.99. The SMILES string of the molecule is Cc1ccccc1-c1ccc(SCC(=O)Nc2cccc3ccccc23)nn1. The van der Waals surface area contributed by atoms with Crippen molar-refractivity contribution in [2.24, 2.45) is 0 Å². The lowest BCUT2D eigenvalue weighted by atomic mass is 10.1. The molecule has 0 saturated heterocycles. The van der Waals surface area contributed by atoms with Gasteiger partial charge in [0.25, 0.3) is 0 Å². The fraction of sp³-hybridized carbons (Fsp3) is 0.0870. The molecule has 0 bridgehead atoms. The average Bonchev–Trinajstić information content (AvgIpc) is 2.73. The zero-order valence-electron chi connectivity index (χ0n) is 15.4. The van der Waals surface area contributed by atoms with E-state index in [-0.39, 0.29) is 11.7 Å². The molecule has 0 radical (unpaired) electrons. The fourth-order valence-corrected chi connectivity index (χ4v) is 3.68. The molecule has 1 heterocycles. The predicted molar refractivity (Wildman–Crippen MR) is 116 cm³/mol. The van der Waals surface area contributed by atoms with Crippen LogP contribution in [0.15, 0.2) is 83.9 Å². The van der Waals surface area contributed by atoms with Crippen LogP contribution in [0.2, 0.25) is 0 Å². The minimum absolute atomic E-state index is 0.0638. The second-order valence-electron chi connectivity index (χ2n) is 6.44. The highest BCUT2D eigenvalue weighted by molar-refractivity contribution is 7.99. The fourth-order valence-electron chi connectivity index (χ4n) is 3.06. The van der Waals surface area contributed by atoms with E-state index in [9.17, 15) is 4.79 Å². The Balaban J connectivity index is 1.40. The van der Waals surface area contributed by atoms with Gasteiger partial charge in [0.1, 0.15) is 5.03 Å². The standard InChI is InChI=1S/C23H19N3OS/c1-16-7-2-4-10-18(16)21-13-14-23(26-25-21)28-15-22(27)24-20-12-6-9-17-8-3-5-11-19(17)20/h2-14H,15H2,1H3,(H,24,27). The lowest BCUT2D eigenvalue weighted by molar-refractivity contribution is -0.113. The Hall–Kier alpha value is -3.18. The monoisotopic (exact) mass is 385 g/mol. The zero-order valence-corrected chi connectivity index (χ0v) is 16.2. The highest BCUT2D eigenvalue weighted by Crippen LogP contribution is 2.25. The summed E-state index contributed by atoms with van der Waals surface area (Å²) in [6, 6.07) is 25.8. The van der Waals surface area contributed by atoms with Crippen molar-refractivity contribution in [2.75, 3.05) is 11.1 Å². The Morgan fingerprint density at radius 3 is 2.50 bits per heavy atom. The van der Waals surface area contributed by atoms with Crippen LogP contribution in [0.1, 0.15) is 5.56 Å². The zero-order chi connectivity index (χ0) is 19.3. The second kappa shape index (κ2) is 8.23.